The predicted molar refractivity (Wildman–Crippen MR) is 174 cm³/mol. The predicted octanol–water partition coefficient (Wildman–Crippen LogP) is 4.05. The number of hydrogen-bond donors (Lipinski definition) is 2. The molecular formula is C34H42N8O2. The van der Waals surface area contributed by atoms with Crippen LogP contribution in [0.15, 0.2) is 61.3 Å². The maximum atomic E-state index is 12.7. The molecule has 10 nitrogen and oxygen atoms in total. The fourth-order valence-corrected chi connectivity index (χ4v) is 7.16. The molecule has 2 fully saturated rings. The number of nitrogens with zero attached hydrogens (tertiary/aromatic N) is 7. The maximum absolute atomic E-state index is 12.7. The molecule has 1 aromatic heterocycles. The van der Waals surface area contributed by atoms with Gasteiger partial charge in [-0.1, -0.05) is 24.8 Å². The van der Waals surface area contributed by atoms with E-state index in [1.54, 1.807) is 0 Å². The molecule has 7 rings (SSSR count). The van der Waals surface area contributed by atoms with Crippen LogP contribution in [0.25, 0.3) is 0 Å². The summed E-state index contributed by atoms with van der Waals surface area (Å²) in [6.07, 6.45) is 5.38. The molecule has 4 aliphatic rings. The standard InChI is InChI=1S/C34H42N8O2/c1-4-31(44)41-13-12-30(29-7-5-6-23(2)32(29)41)40-21-24-20-35-34(37-33(24)42(22-40)27-18-28(43)19-27)36-25-8-10-26(11-9-25)39-16-14-38(3)15-17-39/h4-11,20,27-28,30,43H,1,12-19,21-22H2,2-3H3,(H,35,36,37)/t27?,28?,30-/m0/s1. The van der Waals surface area contributed by atoms with E-state index in [1.807, 2.05) is 11.1 Å². The molecular weight excluding hydrogens is 552 g/mol. The summed E-state index contributed by atoms with van der Waals surface area (Å²) in [7, 11) is 2.17. The molecule has 0 spiro atoms. The highest BCUT2D eigenvalue weighted by Crippen LogP contribution is 2.43. The van der Waals surface area contributed by atoms with Gasteiger partial charge >= 0.3 is 0 Å². The van der Waals surface area contributed by atoms with Crippen LogP contribution in [0.4, 0.5) is 28.8 Å². The SMILES string of the molecule is C=CC(=O)N1CC[C@H](N2Cc3cnc(Nc4ccc(N5CCN(C)CC5)cc4)nc3N(C3CC(O)C3)C2)c2cccc(C)c21. The number of para-hydroxylation sites is 1. The first-order chi connectivity index (χ1) is 21.4. The summed E-state index contributed by atoms with van der Waals surface area (Å²) < 4.78 is 0. The zero-order chi connectivity index (χ0) is 30.4. The van der Waals surface area contributed by atoms with Gasteiger partial charge < -0.3 is 30.0 Å². The Morgan fingerprint density at radius 3 is 2.57 bits per heavy atom. The number of hydrogen-bond acceptors (Lipinski definition) is 9. The largest absolute Gasteiger partial charge is 0.393 e. The third-order valence-corrected chi connectivity index (χ3v) is 9.75. The first-order valence-electron chi connectivity index (χ1n) is 15.8. The lowest BCUT2D eigenvalue weighted by molar-refractivity contribution is -0.114. The molecule has 3 aromatic rings. The van der Waals surface area contributed by atoms with Gasteiger partial charge in [-0.2, -0.15) is 4.98 Å². The average Bonchev–Trinajstić information content (AvgIpc) is 3.03. The second-order valence-electron chi connectivity index (χ2n) is 12.7. The van der Waals surface area contributed by atoms with E-state index in [0.29, 0.717) is 25.7 Å². The van der Waals surface area contributed by atoms with E-state index in [9.17, 15) is 9.90 Å². The monoisotopic (exact) mass is 594 g/mol. The molecule has 4 heterocycles. The number of rotatable bonds is 6. The Balaban J connectivity index is 1.13. The third kappa shape index (κ3) is 5.42. The van der Waals surface area contributed by atoms with Gasteiger partial charge in [0.25, 0.3) is 0 Å². The number of amides is 1. The summed E-state index contributed by atoms with van der Waals surface area (Å²) in [5.74, 6) is 1.45. The van der Waals surface area contributed by atoms with Crippen molar-refractivity contribution in [3.05, 3.63) is 78.0 Å². The van der Waals surface area contributed by atoms with Crippen LogP contribution in [0.2, 0.25) is 0 Å². The van der Waals surface area contributed by atoms with Crippen LogP contribution in [0, 0.1) is 6.92 Å². The van der Waals surface area contributed by atoms with Crippen molar-refractivity contribution in [3.63, 3.8) is 0 Å². The van der Waals surface area contributed by atoms with Gasteiger partial charge in [0.1, 0.15) is 5.82 Å². The summed E-state index contributed by atoms with van der Waals surface area (Å²) in [6, 6.07) is 15.2. The number of piperazine rings is 1. The van der Waals surface area contributed by atoms with Crippen molar-refractivity contribution in [2.24, 2.45) is 0 Å². The molecule has 1 saturated carbocycles. The van der Waals surface area contributed by atoms with E-state index in [4.69, 9.17) is 9.97 Å². The van der Waals surface area contributed by atoms with Gasteiger partial charge in [-0.3, -0.25) is 9.69 Å². The van der Waals surface area contributed by atoms with Crippen LogP contribution in [0.1, 0.15) is 42.0 Å². The van der Waals surface area contributed by atoms with Gasteiger partial charge in [0, 0.05) is 74.5 Å². The smallest absolute Gasteiger partial charge is 0.250 e. The van der Waals surface area contributed by atoms with Gasteiger partial charge in [0.2, 0.25) is 11.9 Å². The van der Waals surface area contributed by atoms with Gasteiger partial charge in [-0.15, -0.1) is 0 Å². The molecule has 0 unspecified atom stereocenters. The lowest BCUT2D eigenvalue weighted by Crippen LogP contribution is -2.55. The number of aromatic nitrogens is 2. The van der Waals surface area contributed by atoms with Crippen molar-refractivity contribution in [1.82, 2.24) is 19.8 Å². The molecule has 1 atom stereocenters. The zero-order valence-corrected chi connectivity index (χ0v) is 25.7. The minimum absolute atomic E-state index is 0.0597. The fourth-order valence-electron chi connectivity index (χ4n) is 7.16. The van der Waals surface area contributed by atoms with E-state index >= 15 is 0 Å². The average molecular weight is 595 g/mol. The Bertz CT molecular complexity index is 1530. The van der Waals surface area contributed by atoms with Gasteiger partial charge in [-0.25, -0.2) is 4.98 Å². The van der Waals surface area contributed by atoms with Crippen molar-refractivity contribution in [3.8, 4) is 0 Å². The Labute approximate surface area is 259 Å². The molecule has 1 amide bonds. The van der Waals surface area contributed by atoms with Crippen LogP contribution in [-0.2, 0) is 11.3 Å². The summed E-state index contributed by atoms with van der Waals surface area (Å²) in [4.78, 5) is 34.0. The highest BCUT2D eigenvalue weighted by atomic mass is 16.3. The van der Waals surface area contributed by atoms with Crippen molar-refractivity contribution in [2.75, 3.05) is 66.5 Å². The summed E-state index contributed by atoms with van der Waals surface area (Å²) in [5.41, 5.74) is 6.53. The summed E-state index contributed by atoms with van der Waals surface area (Å²) >= 11 is 0. The quantitative estimate of drug-likeness (QED) is 0.410. The van der Waals surface area contributed by atoms with Crippen molar-refractivity contribution < 1.29 is 9.90 Å². The first-order valence-corrected chi connectivity index (χ1v) is 15.8. The van der Waals surface area contributed by atoms with Crippen LogP contribution < -0.4 is 20.0 Å². The Morgan fingerprint density at radius 2 is 1.84 bits per heavy atom. The Hall–Kier alpha value is -3.99. The molecule has 2 aromatic carbocycles. The second-order valence-corrected chi connectivity index (χ2v) is 12.7. The fraction of sp³-hybridized carbons (Fsp3) is 0.441. The number of aliphatic hydroxyl groups excluding tert-OH is 1. The highest BCUT2D eigenvalue weighted by Gasteiger charge is 2.41. The van der Waals surface area contributed by atoms with E-state index < -0.39 is 0 Å². The molecule has 1 aliphatic carbocycles. The van der Waals surface area contributed by atoms with Crippen LogP contribution in [0.3, 0.4) is 0 Å². The normalized spacial score (nSPS) is 23.9. The zero-order valence-electron chi connectivity index (χ0n) is 25.7. The number of carbonyl (C=O) groups excluding carboxylic acids is 1. The molecule has 230 valence electrons. The van der Waals surface area contributed by atoms with Crippen molar-refractivity contribution in [1.29, 1.82) is 0 Å². The molecule has 44 heavy (non-hydrogen) atoms. The number of carbonyl (C=O) groups is 1. The summed E-state index contributed by atoms with van der Waals surface area (Å²) in [6.45, 7) is 12.1. The molecule has 0 bridgehead atoms. The molecule has 10 heteroatoms. The number of likely N-dealkylation sites (N-methyl/N-ethyl adjacent to an activating group) is 1. The minimum Gasteiger partial charge on any atom is -0.393 e. The molecule has 3 aliphatic heterocycles. The van der Waals surface area contributed by atoms with E-state index in [2.05, 4.69) is 87.9 Å². The van der Waals surface area contributed by atoms with Crippen LogP contribution in [0.5, 0.6) is 0 Å². The minimum atomic E-state index is -0.270. The molecule has 0 radical (unpaired) electrons. The molecule has 1 saturated heterocycles. The summed E-state index contributed by atoms with van der Waals surface area (Å²) in [5, 5.41) is 13.6. The lowest BCUT2D eigenvalue weighted by Gasteiger charge is -2.49. The van der Waals surface area contributed by atoms with E-state index in [0.717, 1.165) is 73.8 Å². The maximum Gasteiger partial charge on any atom is 0.250 e. The number of anilines is 5. The lowest BCUT2D eigenvalue weighted by atomic mass is 9.87. The van der Waals surface area contributed by atoms with Crippen LogP contribution >= 0.6 is 0 Å². The van der Waals surface area contributed by atoms with Gasteiger partial charge in [0.05, 0.1) is 18.5 Å². The second kappa shape index (κ2) is 11.8. The number of fused-ring (bicyclic) bond motifs is 2. The molecule has 2 N–H and O–H groups in total. The van der Waals surface area contributed by atoms with Gasteiger partial charge in [0.15, 0.2) is 0 Å². The van der Waals surface area contributed by atoms with E-state index in [1.165, 1.54) is 17.3 Å². The van der Waals surface area contributed by atoms with Crippen LogP contribution in [-0.4, -0.2) is 89.4 Å². The highest BCUT2D eigenvalue weighted by molar-refractivity contribution is 6.02. The number of aliphatic hydroxyl groups is 1. The number of benzene rings is 2. The van der Waals surface area contributed by atoms with Gasteiger partial charge in [-0.05, 0) is 74.7 Å². The van der Waals surface area contributed by atoms with Crippen molar-refractivity contribution in [2.45, 2.75) is 50.9 Å². The Kier molecular flexibility index (Phi) is 7.74. The van der Waals surface area contributed by atoms with Crippen molar-refractivity contribution >= 4 is 34.7 Å². The third-order valence-electron chi connectivity index (χ3n) is 9.75. The van der Waals surface area contributed by atoms with E-state index in [-0.39, 0.29) is 24.1 Å². The first kappa shape index (κ1) is 28.8. The number of nitrogens with one attached hydrogen (secondary N) is 1. The topological polar surface area (TPSA) is 91.3 Å². The number of aryl methyl sites for hydroxylation is 1. The Morgan fingerprint density at radius 1 is 1.07 bits per heavy atom.